The molecule has 2 aromatic carbocycles. The Balaban J connectivity index is 1.57. The van der Waals surface area contributed by atoms with Gasteiger partial charge in [0.15, 0.2) is 6.61 Å². The second-order valence-electron chi connectivity index (χ2n) is 6.94. The van der Waals surface area contributed by atoms with Gasteiger partial charge in [-0.1, -0.05) is 36.7 Å². The molecule has 1 aliphatic rings. The number of hydrogen-bond donors (Lipinski definition) is 1. The van der Waals surface area contributed by atoms with Crippen LogP contribution in [-0.2, 0) is 4.79 Å². The quantitative estimate of drug-likeness (QED) is 0.811. The van der Waals surface area contributed by atoms with Gasteiger partial charge in [-0.15, -0.1) is 0 Å². The van der Waals surface area contributed by atoms with Crippen molar-refractivity contribution < 1.29 is 9.53 Å². The fourth-order valence-electron chi connectivity index (χ4n) is 3.15. The monoisotopic (exact) mass is 372 g/mol. The molecule has 0 spiro atoms. The van der Waals surface area contributed by atoms with Gasteiger partial charge in [-0.3, -0.25) is 4.79 Å². The number of aryl methyl sites for hydroxylation is 1. The molecule has 0 bridgehead atoms. The minimum Gasteiger partial charge on any atom is -0.483 e. The van der Waals surface area contributed by atoms with Gasteiger partial charge >= 0.3 is 0 Å². The molecule has 5 heteroatoms. The molecule has 138 valence electrons. The first kappa shape index (κ1) is 18.6. The van der Waals surface area contributed by atoms with Crippen LogP contribution in [0.4, 0.5) is 11.4 Å². The predicted octanol–water partition coefficient (Wildman–Crippen LogP) is 4.90. The van der Waals surface area contributed by atoms with Crippen molar-refractivity contribution in [2.45, 2.75) is 26.7 Å². The predicted molar refractivity (Wildman–Crippen MR) is 107 cm³/mol. The van der Waals surface area contributed by atoms with Crippen LogP contribution in [0.5, 0.6) is 5.75 Å². The second-order valence-corrected chi connectivity index (χ2v) is 7.35. The van der Waals surface area contributed by atoms with E-state index in [1.165, 1.54) is 12.8 Å². The van der Waals surface area contributed by atoms with Crippen molar-refractivity contribution in [3.63, 3.8) is 0 Å². The molecular weight excluding hydrogens is 348 g/mol. The summed E-state index contributed by atoms with van der Waals surface area (Å²) in [4.78, 5) is 14.5. The van der Waals surface area contributed by atoms with E-state index in [1.54, 1.807) is 6.07 Å². The van der Waals surface area contributed by atoms with Crippen molar-refractivity contribution in [2.24, 2.45) is 5.92 Å². The number of piperidine rings is 1. The van der Waals surface area contributed by atoms with Crippen LogP contribution in [0.1, 0.15) is 25.3 Å². The van der Waals surface area contributed by atoms with E-state index < -0.39 is 0 Å². The Hall–Kier alpha value is -2.20. The van der Waals surface area contributed by atoms with E-state index >= 15 is 0 Å². The number of carbonyl (C=O) groups excluding carboxylic acids is 1. The largest absolute Gasteiger partial charge is 0.483 e. The summed E-state index contributed by atoms with van der Waals surface area (Å²) in [5.41, 5.74) is 2.72. The lowest BCUT2D eigenvalue weighted by Gasteiger charge is -2.32. The number of carbonyl (C=O) groups is 1. The van der Waals surface area contributed by atoms with Crippen LogP contribution in [0.2, 0.25) is 5.02 Å². The number of nitrogens with zero attached hydrogens (tertiary/aromatic N) is 1. The van der Waals surface area contributed by atoms with Crippen molar-refractivity contribution in [2.75, 3.05) is 29.9 Å². The standard InChI is InChI=1S/C21H25ClN2O2/c1-15-9-11-24(12-10-15)19-8-7-17(13-18(19)22)23-21(25)14-26-20-6-4-3-5-16(20)2/h3-8,13,15H,9-12,14H2,1-2H3,(H,23,25). The second kappa shape index (κ2) is 8.45. The molecule has 0 unspecified atom stereocenters. The summed E-state index contributed by atoms with van der Waals surface area (Å²) in [6, 6.07) is 13.3. The Morgan fingerprint density at radius 3 is 2.65 bits per heavy atom. The van der Waals surface area contributed by atoms with Crippen LogP contribution >= 0.6 is 11.6 Å². The van der Waals surface area contributed by atoms with E-state index in [4.69, 9.17) is 16.3 Å². The topological polar surface area (TPSA) is 41.6 Å². The minimum absolute atomic E-state index is 0.0335. The van der Waals surface area contributed by atoms with Crippen molar-refractivity contribution in [3.05, 3.63) is 53.1 Å². The molecule has 2 aromatic rings. The van der Waals surface area contributed by atoms with Gasteiger partial charge in [0.25, 0.3) is 5.91 Å². The normalized spacial score (nSPS) is 15.0. The minimum atomic E-state index is -0.205. The lowest BCUT2D eigenvalue weighted by Crippen LogP contribution is -2.32. The zero-order valence-electron chi connectivity index (χ0n) is 15.3. The average Bonchev–Trinajstić information content (AvgIpc) is 2.62. The molecule has 1 amide bonds. The van der Waals surface area contributed by atoms with E-state index in [1.807, 2.05) is 43.3 Å². The molecule has 0 radical (unpaired) electrons. The summed E-state index contributed by atoms with van der Waals surface area (Å²) in [6.45, 7) is 6.26. The van der Waals surface area contributed by atoms with E-state index in [0.717, 1.165) is 36.0 Å². The van der Waals surface area contributed by atoms with Gasteiger partial charge in [0, 0.05) is 18.8 Å². The zero-order chi connectivity index (χ0) is 18.5. The van der Waals surface area contributed by atoms with Gasteiger partial charge in [-0.25, -0.2) is 0 Å². The first-order chi connectivity index (χ1) is 12.5. The Morgan fingerprint density at radius 2 is 1.96 bits per heavy atom. The zero-order valence-corrected chi connectivity index (χ0v) is 16.1. The van der Waals surface area contributed by atoms with Gasteiger partial charge in [-0.2, -0.15) is 0 Å². The number of nitrogens with one attached hydrogen (secondary N) is 1. The van der Waals surface area contributed by atoms with Crippen LogP contribution in [0, 0.1) is 12.8 Å². The molecular formula is C21H25ClN2O2. The number of amides is 1. The molecule has 3 rings (SSSR count). The lowest BCUT2D eigenvalue weighted by molar-refractivity contribution is -0.118. The number of benzene rings is 2. The first-order valence-electron chi connectivity index (χ1n) is 9.05. The van der Waals surface area contributed by atoms with Crippen LogP contribution < -0.4 is 15.0 Å². The maximum Gasteiger partial charge on any atom is 0.262 e. The smallest absolute Gasteiger partial charge is 0.262 e. The summed E-state index contributed by atoms with van der Waals surface area (Å²) in [7, 11) is 0. The summed E-state index contributed by atoms with van der Waals surface area (Å²) in [5.74, 6) is 1.29. The molecule has 0 aromatic heterocycles. The third-order valence-corrected chi connectivity index (χ3v) is 5.11. The SMILES string of the molecule is Cc1ccccc1OCC(=O)Nc1ccc(N2CCC(C)CC2)c(Cl)c1. The van der Waals surface area contributed by atoms with E-state index in [2.05, 4.69) is 17.1 Å². The molecule has 0 atom stereocenters. The number of halogens is 1. The van der Waals surface area contributed by atoms with E-state index in [0.29, 0.717) is 10.7 Å². The number of hydrogen-bond acceptors (Lipinski definition) is 3. The number of ether oxygens (including phenoxy) is 1. The highest BCUT2D eigenvalue weighted by Crippen LogP contribution is 2.31. The molecule has 0 aliphatic carbocycles. The van der Waals surface area contributed by atoms with Gasteiger partial charge < -0.3 is 15.0 Å². The molecule has 1 heterocycles. The molecule has 0 saturated carbocycles. The summed E-state index contributed by atoms with van der Waals surface area (Å²) >= 11 is 6.45. The highest BCUT2D eigenvalue weighted by molar-refractivity contribution is 6.33. The third-order valence-electron chi connectivity index (χ3n) is 4.81. The molecule has 1 aliphatic heterocycles. The number of rotatable bonds is 5. The third kappa shape index (κ3) is 4.70. The Morgan fingerprint density at radius 1 is 1.23 bits per heavy atom. The van der Waals surface area contributed by atoms with Crippen LogP contribution in [0.25, 0.3) is 0 Å². The Labute approximate surface area is 160 Å². The molecule has 26 heavy (non-hydrogen) atoms. The van der Waals surface area contributed by atoms with Crippen molar-refractivity contribution in [1.82, 2.24) is 0 Å². The van der Waals surface area contributed by atoms with Gasteiger partial charge in [0.05, 0.1) is 10.7 Å². The summed E-state index contributed by atoms with van der Waals surface area (Å²) in [5, 5.41) is 3.51. The van der Waals surface area contributed by atoms with Crippen molar-refractivity contribution in [1.29, 1.82) is 0 Å². The highest BCUT2D eigenvalue weighted by atomic mass is 35.5. The lowest BCUT2D eigenvalue weighted by atomic mass is 9.99. The maximum absolute atomic E-state index is 12.1. The van der Waals surface area contributed by atoms with Gasteiger partial charge in [-0.05, 0) is 55.5 Å². The highest BCUT2D eigenvalue weighted by Gasteiger charge is 2.18. The fraction of sp³-hybridized carbons (Fsp3) is 0.381. The first-order valence-corrected chi connectivity index (χ1v) is 9.43. The van der Waals surface area contributed by atoms with Gasteiger partial charge in [0.1, 0.15) is 5.75 Å². The summed E-state index contributed by atoms with van der Waals surface area (Å²) < 4.78 is 5.58. The van der Waals surface area contributed by atoms with Crippen LogP contribution in [0.15, 0.2) is 42.5 Å². The molecule has 4 nitrogen and oxygen atoms in total. The summed E-state index contributed by atoms with van der Waals surface area (Å²) in [6.07, 6.45) is 2.37. The Kier molecular flexibility index (Phi) is 6.04. The van der Waals surface area contributed by atoms with Crippen molar-refractivity contribution in [3.8, 4) is 5.75 Å². The number of anilines is 2. The fourth-order valence-corrected chi connectivity index (χ4v) is 3.45. The average molecular weight is 373 g/mol. The molecule has 1 saturated heterocycles. The van der Waals surface area contributed by atoms with Crippen LogP contribution in [0.3, 0.4) is 0 Å². The van der Waals surface area contributed by atoms with E-state index in [-0.39, 0.29) is 12.5 Å². The van der Waals surface area contributed by atoms with Crippen molar-refractivity contribution >= 4 is 28.9 Å². The Bertz CT molecular complexity index is 770. The molecule has 1 N–H and O–H groups in total. The van der Waals surface area contributed by atoms with Gasteiger partial charge in [0.2, 0.25) is 0 Å². The number of para-hydroxylation sites is 1. The van der Waals surface area contributed by atoms with E-state index in [9.17, 15) is 4.79 Å². The maximum atomic E-state index is 12.1. The van der Waals surface area contributed by atoms with Crippen LogP contribution in [-0.4, -0.2) is 25.6 Å². The molecule has 1 fully saturated rings.